The van der Waals surface area contributed by atoms with E-state index in [-0.39, 0.29) is 41.8 Å². The van der Waals surface area contributed by atoms with Crippen LogP contribution >= 0.6 is 0 Å². The van der Waals surface area contributed by atoms with E-state index in [2.05, 4.69) is 5.32 Å². The zero-order valence-corrected chi connectivity index (χ0v) is 21.2. The Morgan fingerprint density at radius 2 is 1.64 bits per heavy atom. The monoisotopic (exact) mass is 512 g/mol. The average molecular weight is 513 g/mol. The SMILES string of the molecule is COc1ccc(S(=O)(=O)N(Cc2ccccc2)C(CNC(=O)c2ccccc2O)CC(C)CO)cc1. The Labute approximate surface area is 212 Å². The van der Waals surface area contributed by atoms with E-state index in [0.717, 1.165) is 5.56 Å². The van der Waals surface area contributed by atoms with Crippen LogP contribution in [0.5, 0.6) is 11.5 Å². The number of sulfonamides is 1. The van der Waals surface area contributed by atoms with E-state index in [1.54, 1.807) is 24.3 Å². The van der Waals surface area contributed by atoms with Crippen molar-refractivity contribution in [2.24, 2.45) is 5.92 Å². The number of amides is 1. The lowest BCUT2D eigenvalue weighted by atomic mass is 10.0. The molecule has 3 N–H and O–H groups in total. The summed E-state index contributed by atoms with van der Waals surface area (Å²) in [5.74, 6) is -0.371. The van der Waals surface area contributed by atoms with Gasteiger partial charge >= 0.3 is 0 Å². The summed E-state index contributed by atoms with van der Waals surface area (Å²) in [6, 6.07) is 20.8. The number of carbonyl (C=O) groups excluding carboxylic acids is 1. The number of hydrogen-bond acceptors (Lipinski definition) is 6. The van der Waals surface area contributed by atoms with Gasteiger partial charge in [0.15, 0.2) is 0 Å². The minimum Gasteiger partial charge on any atom is -0.507 e. The van der Waals surface area contributed by atoms with Crippen molar-refractivity contribution in [2.45, 2.75) is 30.8 Å². The third-order valence-electron chi connectivity index (χ3n) is 5.89. The quantitative estimate of drug-likeness (QED) is 0.343. The Morgan fingerprint density at radius 3 is 2.25 bits per heavy atom. The topological polar surface area (TPSA) is 116 Å². The molecule has 0 radical (unpaired) electrons. The van der Waals surface area contributed by atoms with Crippen LogP contribution in [0.25, 0.3) is 0 Å². The molecule has 3 aromatic rings. The third-order valence-corrected chi connectivity index (χ3v) is 7.80. The highest BCUT2D eigenvalue weighted by atomic mass is 32.2. The number of rotatable bonds is 12. The van der Waals surface area contributed by atoms with E-state index in [1.807, 2.05) is 37.3 Å². The molecule has 9 heteroatoms. The van der Waals surface area contributed by atoms with Crippen molar-refractivity contribution in [1.82, 2.24) is 9.62 Å². The summed E-state index contributed by atoms with van der Waals surface area (Å²) in [6.45, 7) is 1.74. The molecule has 2 atom stereocenters. The van der Waals surface area contributed by atoms with Crippen LogP contribution in [-0.2, 0) is 16.6 Å². The first-order valence-corrected chi connectivity index (χ1v) is 13.1. The van der Waals surface area contributed by atoms with Gasteiger partial charge in [-0.25, -0.2) is 8.42 Å². The number of nitrogens with one attached hydrogen (secondary N) is 1. The van der Waals surface area contributed by atoms with Crippen LogP contribution in [-0.4, -0.2) is 55.1 Å². The lowest BCUT2D eigenvalue weighted by molar-refractivity contribution is 0.0935. The van der Waals surface area contributed by atoms with Gasteiger partial charge in [-0.2, -0.15) is 4.31 Å². The lowest BCUT2D eigenvalue weighted by Crippen LogP contribution is -2.47. The molecule has 0 spiro atoms. The van der Waals surface area contributed by atoms with E-state index in [0.29, 0.717) is 12.2 Å². The number of ether oxygens (including phenoxy) is 1. The molecule has 0 fully saturated rings. The summed E-state index contributed by atoms with van der Waals surface area (Å²) in [4.78, 5) is 12.9. The fourth-order valence-corrected chi connectivity index (χ4v) is 5.49. The first kappa shape index (κ1) is 27.2. The van der Waals surface area contributed by atoms with Gasteiger partial charge in [-0.05, 0) is 54.3 Å². The molecule has 0 aliphatic heterocycles. The number of aliphatic hydroxyl groups excluding tert-OH is 1. The molecule has 2 unspecified atom stereocenters. The molecule has 3 aromatic carbocycles. The summed E-state index contributed by atoms with van der Waals surface area (Å²) in [7, 11) is -2.50. The van der Waals surface area contributed by atoms with Crippen LogP contribution in [0.3, 0.4) is 0 Å². The Morgan fingerprint density at radius 1 is 1.00 bits per heavy atom. The van der Waals surface area contributed by atoms with E-state index < -0.39 is 22.0 Å². The molecule has 1 amide bonds. The van der Waals surface area contributed by atoms with E-state index in [9.17, 15) is 23.4 Å². The number of benzene rings is 3. The zero-order chi connectivity index (χ0) is 26.1. The lowest BCUT2D eigenvalue weighted by Gasteiger charge is -2.33. The molecular formula is C27H32N2O6S. The van der Waals surface area contributed by atoms with E-state index >= 15 is 0 Å². The molecule has 36 heavy (non-hydrogen) atoms. The van der Waals surface area contributed by atoms with Crippen molar-refractivity contribution in [3.05, 3.63) is 90.0 Å². The highest BCUT2D eigenvalue weighted by molar-refractivity contribution is 7.89. The van der Waals surface area contributed by atoms with Crippen LogP contribution in [0.1, 0.15) is 29.3 Å². The second-order valence-corrected chi connectivity index (χ2v) is 10.5. The van der Waals surface area contributed by atoms with Gasteiger partial charge in [0.05, 0.1) is 17.6 Å². The summed E-state index contributed by atoms with van der Waals surface area (Å²) in [5.41, 5.74) is 0.877. The fraction of sp³-hybridized carbons (Fsp3) is 0.296. The largest absolute Gasteiger partial charge is 0.507 e. The zero-order valence-electron chi connectivity index (χ0n) is 20.4. The Hall–Kier alpha value is -3.40. The molecule has 0 saturated heterocycles. The van der Waals surface area contributed by atoms with Crippen LogP contribution in [0.2, 0.25) is 0 Å². The van der Waals surface area contributed by atoms with Crippen LogP contribution in [0.4, 0.5) is 0 Å². The van der Waals surface area contributed by atoms with Gasteiger partial charge in [0.25, 0.3) is 5.91 Å². The number of hydrogen-bond donors (Lipinski definition) is 3. The number of phenolic OH excluding ortho intramolecular Hbond substituents is 1. The first-order valence-electron chi connectivity index (χ1n) is 11.6. The van der Waals surface area contributed by atoms with Crippen molar-refractivity contribution in [3.63, 3.8) is 0 Å². The normalized spacial score (nSPS) is 13.2. The van der Waals surface area contributed by atoms with Crippen LogP contribution < -0.4 is 10.1 Å². The number of aliphatic hydroxyl groups is 1. The Bertz CT molecular complexity index is 1230. The van der Waals surface area contributed by atoms with Crippen molar-refractivity contribution >= 4 is 15.9 Å². The summed E-state index contributed by atoms with van der Waals surface area (Å²) in [5, 5.41) is 22.5. The van der Waals surface area contributed by atoms with Crippen molar-refractivity contribution in [2.75, 3.05) is 20.3 Å². The molecule has 8 nitrogen and oxygen atoms in total. The average Bonchev–Trinajstić information content (AvgIpc) is 2.90. The molecule has 0 heterocycles. The highest BCUT2D eigenvalue weighted by Gasteiger charge is 2.33. The number of carbonyl (C=O) groups is 1. The second-order valence-electron chi connectivity index (χ2n) is 8.62. The maximum atomic E-state index is 13.9. The molecule has 0 aromatic heterocycles. The summed E-state index contributed by atoms with van der Waals surface area (Å²) in [6.07, 6.45) is 0.305. The predicted molar refractivity (Wildman–Crippen MR) is 137 cm³/mol. The maximum Gasteiger partial charge on any atom is 0.255 e. The predicted octanol–water partition coefficient (Wildman–Crippen LogP) is 3.41. The third kappa shape index (κ3) is 6.84. The number of phenols is 1. The minimum atomic E-state index is -4.00. The summed E-state index contributed by atoms with van der Waals surface area (Å²) < 4.78 is 34.3. The van der Waals surface area contributed by atoms with Gasteiger partial charge in [0.2, 0.25) is 10.0 Å². The highest BCUT2D eigenvalue weighted by Crippen LogP contribution is 2.26. The molecule has 192 valence electrons. The number of aromatic hydroxyl groups is 1. The smallest absolute Gasteiger partial charge is 0.255 e. The van der Waals surface area contributed by atoms with Gasteiger partial charge in [0, 0.05) is 25.7 Å². The molecule has 0 bridgehead atoms. The number of methoxy groups -OCH3 is 1. The Balaban J connectivity index is 1.97. The summed E-state index contributed by atoms with van der Waals surface area (Å²) >= 11 is 0. The maximum absolute atomic E-state index is 13.9. The van der Waals surface area contributed by atoms with E-state index in [4.69, 9.17) is 4.74 Å². The molecule has 3 rings (SSSR count). The fourth-order valence-electron chi connectivity index (χ4n) is 3.87. The molecule has 0 saturated carbocycles. The van der Waals surface area contributed by atoms with Gasteiger partial charge in [0.1, 0.15) is 11.5 Å². The van der Waals surface area contributed by atoms with Crippen molar-refractivity contribution in [1.29, 1.82) is 0 Å². The van der Waals surface area contributed by atoms with Gasteiger partial charge in [-0.1, -0.05) is 49.4 Å². The van der Waals surface area contributed by atoms with E-state index in [1.165, 1.54) is 35.7 Å². The first-order chi connectivity index (χ1) is 17.3. The number of nitrogens with zero attached hydrogens (tertiary/aromatic N) is 1. The Kier molecular flexibility index (Phi) is 9.46. The van der Waals surface area contributed by atoms with Crippen molar-refractivity contribution in [3.8, 4) is 11.5 Å². The van der Waals surface area contributed by atoms with Crippen LogP contribution in [0.15, 0.2) is 83.8 Å². The van der Waals surface area contributed by atoms with Gasteiger partial charge in [-0.3, -0.25) is 4.79 Å². The van der Waals surface area contributed by atoms with Gasteiger partial charge in [-0.15, -0.1) is 0 Å². The molecule has 0 aliphatic rings. The standard InChI is InChI=1S/C27H32N2O6S/c1-20(19-30)16-22(17-28-27(32)25-10-6-7-11-26(25)31)29(18-21-8-4-3-5-9-21)36(33,34)24-14-12-23(35-2)13-15-24/h3-15,20,22,30-31H,16-19H2,1-2H3,(H,28,32). The van der Waals surface area contributed by atoms with Crippen LogP contribution in [0, 0.1) is 5.92 Å². The van der Waals surface area contributed by atoms with Gasteiger partial charge < -0.3 is 20.3 Å². The van der Waals surface area contributed by atoms with Crippen molar-refractivity contribution < 1.29 is 28.2 Å². The molecule has 0 aliphatic carbocycles. The second kappa shape index (κ2) is 12.5. The number of para-hydroxylation sites is 1. The molecular weight excluding hydrogens is 480 g/mol. The minimum absolute atomic E-state index is 0.0142.